The van der Waals surface area contributed by atoms with E-state index in [0.717, 1.165) is 74.0 Å². The van der Waals surface area contributed by atoms with Gasteiger partial charge in [-0.2, -0.15) is 0 Å². The molecule has 3 aliphatic rings. The van der Waals surface area contributed by atoms with Crippen LogP contribution in [0.2, 0.25) is 0 Å². The molecule has 52 heavy (non-hydrogen) atoms. The lowest BCUT2D eigenvalue weighted by atomic mass is 9.89. The van der Waals surface area contributed by atoms with Crippen molar-refractivity contribution in [1.29, 1.82) is 0 Å². The number of amidine groups is 1. The third kappa shape index (κ3) is 4.90. The third-order valence-corrected chi connectivity index (χ3v) is 10.5. The summed E-state index contributed by atoms with van der Waals surface area (Å²) in [5.41, 5.74) is 8.83. The van der Waals surface area contributed by atoms with E-state index in [4.69, 9.17) is 15.0 Å². The minimum absolute atomic E-state index is 0.0274. The molecule has 2 aliphatic carbocycles. The number of aliphatic imine (C=N–C) groups is 1. The molecule has 2 aromatic heterocycles. The monoisotopic (exact) mass is 672 g/mol. The summed E-state index contributed by atoms with van der Waals surface area (Å²) in [7, 11) is 0. The zero-order valence-electron chi connectivity index (χ0n) is 28.8. The van der Waals surface area contributed by atoms with Crippen LogP contribution in [0.3, 0.4) is 0 Å². The normalized spacial score (nSPS) is 20.6. The van der Waals surface area contributed by atoms with Gasteiger partial charge in [0.25, 0.3) is 0 Å². The number of allylic oxidation sites excluding steroid dienone is 6. The number of nitrogens with zero attached hydrogens (tertiary/aromatic N) is 6. The lowest BCUT2D eigenvalue weighted by Gasteiger charge is -2.33. The molecule has 0 N–H and O–H groups in total. The number of hydrogen-bond acceptors (Lipinski definition) is 4. The molecule has 0 saturated carbocycles. The Labute approximate surface area is 302 Å². The molecule has 10 rings (SSSR count). The lowest BCUT2D eigenvalue weighted by Crippen LogP contribution is -2.44. The molecule has 0 spiro atoms. The summed E-state index contributed by atoms with van der Waals surface area (Å²) >= 11 is 0. The summed E-state index contributed by atoms with van der Waals surface area (Å²) in [4.78, 5) is 18.6. The van der Waals surface area contributed by atoms with Crippen molar-refractivity contribution in [2.45, 2.75) is 31.0 Å². The van der Waals surface area contributed by atoms with Crippen LogP contribution in [0.1, 0.15) is 24.9 Å². The van der Waals surface area contributed by atoms with Crippen molar-refractivity contribution in [3.63, 3.8) is 0 Å². The average Bonchev–Trinajstić information content (AvgIpc) is 3.88. The Kier molecular flexibility index (Phi) is 7.03. The second-order valence-corrected chi connectivity index (χ2v) is 13.9. The van der Waals surface area contributed by atoms with Gasteiger partial charge in [-0.05, 0) is 80.1 Å². The van der Waals surface area contributed by atoms with E-state index < -0.39 is 5.54 Å². The summed E-state index contributed by atoms with van der Waals surface area (Å²) < 4.78 is 4.67. The van der Waals surface area contributed by atoms with Crippen LogP contribution in [0.5, 0.6) is 0 Å². The molecule has 6 heteroatoms. The largest absolute Gasteiger partial charge is 0.317 e. The summed E-state index contributed by atoms with van der Waals surface area (Å²) in [6, 6.07) is 44.9. The number of fused-ring (bicyclic) bond motifs is 3. The molecule has 0 saturated heterocycles. The minimum Gasteiger partial charge on any atom is -0.317 e. The third-order valence-electron chi connectivity index (χ3n) is 10.5. The number of anilines is 1. The lowest BCUT2D eigenvalue weighted by molar-refractivity contribution is 0.549. The molecule has 6 nitrogen and oxygen atoms in total. The fraction of sp³-hybridized carbons (Fsp3) is 0.109. The molecule has 0 bridgehead atoms. The van der Waals surface area contributed by atoms with Crippen LogP contribution in [0.25, 0.3) is 50.5 Å². The van der Waals surface area contributed by atoms with Crippen molar-refractivity contribution in [2.75, 3.05) is 4.90 Å². The zero-order chi connectivity index (χ0) is 34.6. The van der Waals surface area contributed by atoms with Gasteiger partial charge >= 0.3 is 0 Å². The van der Waals surface area contributed by atoms with Crippen LogP contribution in [0.4, 0.5) is 5.69 Å². The Morgan fingerprint density at radius 1 is 0.596 bits per heavy atom. The first kappa shape index (κ1) is 30.3. The van der Waals surface area contributed by atoms with Gasteiger partial charge in [0, 0.05) is 28.1 Å². The van der Waals surface area contributed by atoms with E-state index in [0.29, 0.717) is 0 Å². The van der Waals surface area contributed by atoms with Crippen LogP contribution in [-0.2, 0) is 0 Å². The molecule has 0 radical (unpaired) electrons. The van der Waals surface area contributed by atoms with E-state index >= 15 is 0 Å². The summed E-state index contributed by atoms with van der Waals surface area (Å²) in [6.45, 7) is 2.22. The highest BCUT2D eigenvalue weighted by Crippen LogP contribution is 2.41. The Bertz CT molecular complexity index is 2640. The first-order valence-electron chi connectivity index (χ1n) is 17.9. The number of imidazole rings is 2. The number of aromatic nitrogens is 4. The standard InChI is InChI=1S/C46H36N6/c1-46-28-16-15-27-42(46)52(37-21-9-4-10-22-37)45(49-46)34-30-32(43-47-38-23-11-13-25-40(38)50(43)35-17-5-2-6-18-35)29-33(31-34)44-48-39-24-12-14-26-41(39)51(44)36-19-7-3-8-20-36/h2-19,21-31,36,42H,20H2,1H3. The van der Waals surface area contributed by atoms with E-state index in [9.17, 15) is 0 Å². The van der Waals surface area contributed by atoms with Crippen molar-refractivity contribution in [3.05, 3.63) is 182 Å². The molecule has 3 atom stereocenters. The van der Waals surface area contributed by atoms with Gasteiger partial charge in [-0.1, -0.05) is 109 Å². The van der Waals surface area contributed by atoms with E-state index in [1.165, 1.54) is 0 Å². The van der Waals surface area contributed by atoms with E-state index in [1.807, 2.05) is 0 Å². The quantitative estimate of drug-likeness (QED) is 0.177. The van der Waals surface area contributed by atoms with Gasteiger partial charge in [0.05, 0.1) is 34.2 Å². The molecule has 1 aliphatic heterocycles. The number of rotatable bonds is 6. The molecule has 3 heterocycles. The minimum atomic E-state index is -0.431. The Morgan fingerprint density at radius 2 is 1.21 bits per heavy atom. The van der Waals surface area contributed by atoms with Crippen molar-refractivity contribution < 1.29 is 0 Å². The van der Waals surface area contributed by atoms with Crippen LogP contribution in [0.15, 0.2) is 181 Å². The second-order valence-electron chi connectivity index (χ2n) is 13.9. The van der Waals surface area contributed by atoms with Gasteiger partial charge < -0.3 is 9.47 Å². The van der Waals surface area contributed by atoms with Gasteiger partial charge in [-0.3, -0.25) is 9.56 Å². The predicted octanol–water partition coefficient (Wildman–Crippen LogP) is 10.3. The molecule has 0 amide bonds. The fourth-order valence-electron chi connectivity index (χ4n) is 8.07. The van der Waals surface area contributed by atoms with Crippen LogP contribution < -0.4 is 4.90 Å². The number of para-hydroxylation sites is 6. The zero-order valence-corrected chi connectivity index (χ0v) is 28.8. The van der Waals surface area contributed by atoms with Crippen molar-refractivity contribution in [2.24, 2.45) is 4.99 Å². The topological polar surface area (TPSA) is 51.2 Å². The summed E-state index contributed by atoms with van der Waals surface area (Å²) in [6.07, 6.45) is 18.4. The fourth-order valence-corrected chi connectivity index (χ4v) is 8.07. The number of hydrogen-bond donors (Lipinski definition) is 0. The predicted molar refractivity (Wildman–Crippen MR) is 213 cm³/mol. The summed E-state index contributed by atoms with van der Waals surface area (Å²) in [5, 5.41) is 0. The Hall–Kier alpha value is -6.53. The van der Waals surface area contributed by atoms with Gasteiger partial charge in [-0.15, -0.1) is 0 Å². The highest BCUT2D eigenvalue weighted by Gasteiger charge is 2.44. The Morgan fingerprint density at radius 3 is 1.96 bits per heavy atom. The molecular formula is C46H36N6. The van der Waals surface area contributed by atoms with Crippen molar-refractivity contribution >= 4 is 33.6 Å². The van der Waals surface area contributed by atoms with Gasteiger partial charge in [-0.25, -0.2) is 9.97 Å². The maximum atomic E-state index is 5.55. The maximum absolute atomic E-state index is 5.55. The van der Waals surface area contributed by atoms with Crippen molar-refractivity contribution in [3.8, 4) is 28.5 Å². The summed E-state index contributed by atoms with van der Waals surface area (Å²) in [5.74, 6) is 2.71. The van der Waals surface area contributed by atoms with Crippen LogP contribution >= 0.6 is 0 Å². The van der Waals surface area contributed by atoms with Crippen LogP contribution in [0, 0.1) is 0 Å². The maximum Gasteiger partial charge on any atom is 0.145 e. The van der Waals surface area contributed by atoms with Gasteiger partial charge in [0.15, 0.2) is 0 Å². The van der Waals surface area contributed by atoms with Gasteiger partial charge in [0.2, 0.25) is 0 Å². The van der Waals surface area contributed by atoms with E-state index in [-0.39, 0.29) is 12.1 Å². The average molecular weight is 673 g/mol. The highest BCUT2D eigenvalue weighted by atomic mass is 15.3. The SMILES string of the molecule is CC12C=CC=CC1N(c1ccccc1)C(c1cc(-c3nc4ccccc4n3-c3ccccc3)cc(-c3nc4ccccc4n3C3C=CC=CC3)c1)=N2. The van der Waals surface area contributed by atoms with Gasteiger partial charge in [0.1, 0.15) is 23.0 Å². The Balaban J connectivity index is 1.27. The highest BCUT2D eigenvalue weighted by molar-refractivity contribution is 6.14. The van der Waals surface area contributed by atoms with Crippen LogP contribution in [-0.4, -0.2) is 36.5 Å². The van der Waals surface area contributed by atoms with E-state index in [1.54, 1.807) is 0 Å². The molecular weight excluding hydrogens is 637 g/mol. The van der Waals surface area contributed by atoms with E-state index in [2.05, 4.69) is 197 Å². The molecule has 0 fully saturated rings. The molecule has 5 aromatic carbocycles. The molecule has 7 aromatic rings. The first-order valence-corrected chi connectivity index (χ1v) is 17.9. The second kappa shape index (κ2) is 12.1. The van der Waals surface area contributed by atoms with Crippen molar-refractivity contribution in [1.82, 2.24) is 19.1 Å². The first-order chi connectivity index (χ1) is 25.6. The smallest absolute Gasteiger partial charge is 0.145 e. The number of benzene rings is 5. The molecule has 3 unspecified atom stereocenters. The molecule has 250 valence electrons.